The van der Waals surface area contributed by atoms with Crippen LogP contribution in [0.2, 0.25) is 5.02 Å². The van der Waals surface area contributed by atoms with Crippen molar-refractivity contribution in [2.24, 2.45) is 0 Å². The quantitative estimate of drug-likeness (QED) is 0.361. The third-order valence-corrected chi connectivity index (χ3v) is 7.20. The van der Waals surface area contributed by atoms with Gasteiger partial charge in [0.15, 0.2) is 6.61 Å². The monoisotopic (exact) mass is 501 g/mol. The van der Waals surface area contributed by atoms with Crippen LogP contribution in [0.5, 0.6) is 11.5 Å². The lowest BCUT2D eigenvalue weighted by atomic mass is 9.98. The Kier molecular flexibility index (Phi) is 8.23. The summed E-state index contributed by atoms with van der Waals surface area (Å²) in [5.41, 5.74) is 2.40. The number of amides is 1. The minimum Gasteiger partial charge on any atom is -0.494 e. The Bertz CT molecular complexity index is 1240. The number of ether oxygens (including phenoxy) is 2. The highest BCUT2D eigenvalue weighted by Gasteiger charge is 2.31. The van der Waals surface area contributed by atoms with Crippen molar-refractivity contribution in [2.45, 2.75) is 38.5 Å². The first-order chi connectivity index (χ1) is 16.1. The fourth-order valence-corrected chi connectivity index (χ4v) is 5.10. The van der Waals surface area contributed by atoms with Crippen LogP contribution in [0, 0.1) is 6.92 Å². The first-order valence-electron chi connectivity index (χ1n) is 10.9. The van der Waals surface area contributed by atoms with Gasteiger partial charge >= 0.3 is 0 Å². The largest absolute Gasteiger partial charge is 0.494 e. The van der Waals surface area contributed by atoms with Crippen LogP contribution in [0.3, 0.4) is 0 Å². The molecule has 0 radical (unpaired) electrons. The number of carbonyl (C=O) groups is 1. The first kappa shape index (κ1) is 25.6. The lowest BCUT2D eigenvalue weighted by molar-refractivity contribution is -0.119. The van der Waals surface area contributed by atoms with E-state index in [4.69, 9.17) is 21.1 Å². The van der Waals surface area contributed by atoms with Gasteiger partial charge in [-0.15, -0.1) is 0 Å². The van der Waals surface area contributed by atoms with Crippen LogP contribution in [0.15, 0.2) is 71.6 Å². The number of sulfonamides is 1. The molecule has 180 valence electrons. The molecule has 0 aliphatic rings. The van der Waals surface area contributed by atoms with E-state index in [0.717, 1.165) is 9.87 Å². The number of anilines is 1. The molecule has 3 rings (SSSR count). The number of hydrogen-bond donors (Lipinski definition) is 0. The van der Waals surface area contributed by atoms with Crippen molar-refractivity contribution >= 4 is 33.2 Å². The molecule has 0 fully saturated rings. The molecule has 34 heavy (non-hydrogen) atoms. The zero-order valence-corrected chi connectivity index (χ0v) is 21.2. The Morgan fingerprint density at radius 3 is 2.12 bits per heavy atom. The number of hydrogen-bond acceptors (Lipinski definition) is 5. The molecule has 0 aliphatic heterocycles. The van der Waals surface area contributed by atoms with Crippen LogP contribution in [0.25, 0.3) is 0 Å². The van der Waals surface area contributed by atoms with E-state index in [1.807, 2.05) is 26.0 Å². The SMILES string of the molecule is CCOc1ccc(N(C(=O)COc2ccc(C(C)C)c(C)c2)S(=O)(=O)c2ccc(Cl)cc2)cc1. The van der Waals surface area contributed by atoms with Gasteiger partial charge in [0.1, 0.15) is 11.5 Å². The van der Waals surface area contributed by atoms with Crippen molar-refractivity contribution in [2.75, 3.05) is 17.5 Å². The molecular weight excluding hydrogens is 474 g/mol. The zero-order chi connectivity index (χ0) is 24.9. The average Bonchev–Trinajstić information content (AvgIpc) is 2.79. The second-order valence-electron chi connectivity index (χ2n) is 8.01. The molecule has 0 spiro atoms. The van der Waals surface area contributed by atoms with E-state index < -0.39 is 22.5 Å². The summed E-state index contributed by atoms with van der Waals surface area (Å²) >= 11 is 5.92. The fourth-order valence-electron chi connectivity index (χ4n) is 3.56. The van der Waals surface area contributed by atoms with Crippen molar-refractivity contribution in [1.82, 2.24) is 0 Å². The molecule has 6 nitrogen and oxygen atoms in total. The molecule has 0 bridgehead atoms. The average molecular weight is 502 g/mol. The van der Waals surface area contributed by atoms with Gasteiger partial charge in [-0.1, -0.05) is 31.5 Å². The molecule has 0 aromatic heterocycles. The van der Waals surface area contributed by atoms with Gasteiger partial charge < -0.3 is 9.47 Å². The topological polar surface area (TPSA) is 72.9 Å². The number of halogens is 1. The number of rotatable bonds is 9. The molecule has 0 unspecified atom stereocenters. The van der Waals surface area contributed by atoms with Gasteiger partial charge in [-0.25, -0.2) is 8.42 Å². The molecule has 0 N–H and O–H groups in total. The Hall–Kier alpha value is -3.03. The number of nitrogens with zero attached hydrogens (tertiary/aromatic N) is 1. The third kappa shape index (κ3) is 5.90. The Balaban J connectivity index is 1.92. The van der Waals surface area contributed by atoms with Gasteiger partial charge in [0.05, 0.1) is 17.2 Å². The summed E-state index contributed by atoms with van der Waals surface area (Å²) in [4.78, 5) is 13.2. The molecular formula is C26H28ClNO5S. The van der Waals surface area contributed by atoms with Crippen molar-refractivity contribution in [3.8, 4) is 11.5 Å². The second-order valence-corrected chi connectivity index (χ2v) is 10.2. The standard InChI is InChI=1S/C26H28ClNO5S/c1-5-32-22-10-8-21(9-11-22)28(34(30,31)24-13-6-20(27)7-14-24)26(29)17-33-23-12-15-25(18(2)3)19(4)16-23/h6-16,18H,5,17H2,1-4H3. The minimum absolute atomic E-state index is 0.0590. The summed E-state index contributed by atoms with van der Waals surface area (Å²) in [6, 6.07) is 17.5. The molecule has 3 aromatic carbocycles. The highest BCUT2D eigenvalue weighted by Crippen LogP contribution is 2.28. The molecule has 8 heteroatoms. The summed E-state index contributed by atoms with van der Waals surface area (Å²) in [5.74, 6) is 0.686. The molecule has 1 amide bonds. The maximum absolute atomic E-state index is 13.5. The van der Waals surface area contributed by atoms with Gasteiger partial charge in [0.2, 0.25) is 0 Å². The highest BCUT2D eigenvalue weighted by molar-refractivity contribution is 7.93. The highest BCUT2D eigenvalue weighted by atomic mass is 35.5. The summed E-state index contributed by atoms with van der Waals surface area (Å²) in [7, 11) is -4.22. The number of aryl methyl sites for hydroxylation is 1. The summed E-state index contributed by atoms with van der Waals surface area (Å²) in [6.07, 6.45) is 0. The van der Waals surface area contributed by atoms with Gasteiger partial charge in [0.25, 0.3) is 15.9 Å². The summed E-state index contributed by atoms with van der Waals surface area (Å²) in [6.45, 7) is 8.03. The molecule has 0 aliphatic carbocycles. The van der Waals surface area contributed by atoms with Crippen LogP contribution >= 0.6 is 11.6 Å². The first-order valence-corrected chi connectivity index (χ1v) is 12.7. The van der Waals surface area contributed by atoms with E-state index in [2.05, 4.69) is 13.8 Å². The maximum atomic E-state index is 13.5. The van der Waals surface area contributed by atoms with E-state index in [0.29, 0.717) is 29.0 Å². The van der Waals surface area contributed by atoms with Gasteiger partial charge in [0, 0.05) is 5.02 Å². The lowest BCUT2D eigenvalue weighted by Gasteiger charge is -2.23. The van der Waals surface area contributed by atoms with Crippen LogP contribution in [-0.2, 0) is 14.8 Å². The smallest absolute Gasteiger partial charge is 0.278 e. The second kappa shape index (κ2) is 10.9. The van der Waals surface area contributed by atoms with E-state index in [9.17, 15) is 13.2 Å². The van der Waals surface area contributed by atoms with Gasteiger partial charge in [-0.05, 0) is 91.6 Å². The van der Waals surface area contributed by atoms with Gasteiger partial charge in [-0.2, -0.15) is 4.31 Å². The van der Waals surface area contributed by atoms with Crippen LogP contribution < -0.4 is 13.8 Å². The number of benzene rings is 3. The van der Waals surface area contributed by atoms with E-state index >= 15 is 0 Å². The molecule has 0 heterocycles. The molecule has 3 aromatic rings. The minimum atomic E-state index is -4.22. The lowest BCUT2D eigenvalue weighted by Crippen LogP contribution is -2.40. The number of carbonyl (C=O) groups excluding carboxylic acids is 1. The third-order valence-electron chi connectivity index (χ3n) is 5.19. The molecule has 0 saturated heterocycles. The predicted molar refractivity (Wildman–Crippen MR) is 134 cm³/mol. The normalized spacial score (nSPS) is 11.4. The van der Waals surface area contributed by atoms with Crippen molar-refractivity contribution in [1.29, 1.82) is 0 Å². The van der Waals surface area contributed by atoms with Crippen molar-refractivity contribution in [3.63, 3.8) is 0 Å². The zero-order valence-electron chi connectivity index (χ0n) is 19.6. The van der Waals surface area contributed by atoms with E-state index in [-0.39, 0.29) is 10.6 Å². The van der Waals surface area contributed by atoms with Crippen LogP contribution in [0.1, 0.15) is 37.8 Å². The van der Waals surface area contributed by atoms with Crippen molar-refractivity contribution < 1.29 is 22.7 Å². The Labute approximate surface area is 206 Å². The molecule has 0 saturated carbocycles. The molecule has 0 atom stereocenters. The Morgan fingerprint density at radius 2 is 1.56 bits per heavy atom. The van der Waals surface area contributed by atoms with Gasteiger partial charge in [-0.3, -0.25) is 4.79 Å². The predicted octanol–water partition coefficient (Wildman–Crippen LogP) is 5.97. The summed E-state index contributed by atoms with van der Waals surface area (Å²) < 4.78 is 38.8. The van der Waals surface area contributed by atoms with Crippen LogP contribution in [0.4, 0.5) is 5.69 Å². The fraction of sp³-hybridized carbons (Fsp3) is 0.269. The van der Waals surface area contributed by atoms with Crippen LogP contribution in [-0.4, -0.2) is 27.5 Å². The Morgan fingerprint density at radius 1 is 0.941 bits per heavy atom. The van der Waals surface area contributed by atoms with E-state index in [1.54, 1.807) is 18.2 Å². The summed E-state index contributed by atoms with van der Waals surface area (Å²) in [5, 5.41) is 0.390. The maximum Gasteiger partial charge on any atom is 0.278 e. The van der Waals surface area contributed by atoms with E-state index in [1.165, 1.54) is 42.0 Å². The van der Waals surface area contributed by atoms with Crippen molar-refractivity contribution in [3.05, 3.63) is 82.9 Å².